The molecule has 0 bridgehead atoms. The van der Waals surface area contributed by atoms with Crippen LogP contribution >= 0.6 is 0 Å². The number of benzene rings is 2. The van der Waals surface area contributed by atoms with Crippen molar-refractivity contribution in [3.8, 4) is 5.75 Å². The maximum atomic E-state index is 11.7. The Hall–Kier alpha value is -2.88. The Balaban J connectivity index is 2.09. The molecule has 0 atom stereocenters. The number of nitrogens with one attached hydrogen (secondary N) is 1. The predicted octanol–water partition coefficient (Wildman–Crippen LogP) is 4.19. The first kappa shape index (κ1) is 14.1. The molecule has 4 nitrogen and oxygen atoms in total. The van der Waals surface area contributed by atoms with Gasteiger partial charge in [0, 0.05) is 28.5 Å². The van der Waals surface area contributed by atoms with Gasteiger partial charge in [-0.15, -0.1) is 0 Å². The molecule has 3 rings (SSSR count). The molecule has 110 valence electrons. The summed E-state index contributed by atoms with van der Waals surface area (Å²) in [5.74, 6) is 0.794. The lowest BCUT2D eigenvalue weighted by molar-refractivity contribution is 0.101. The monoisotopic (exact) mass is 292 g/mol. The van der Waals surface area contributed by atoms with Gasteiger partial charge >= 0.3 is 0 Å². The van der Waals surface area contributed by atoms with Gasteiger partial charge in [0.05, 0.1) is 12.6 Å². The Kier molecular flexibility index (Phi) is 3.74. The second-order valence-electron chi connectivity index (χ2n) is 4.97. The molecule has 1 aromatic heterocycles. The van der Waals surface area contributed by atoms with Crippen LogP contribution in [0.15, 0.2) is 54.7 Å². The summed E-state index contributed by atoms with van der Waals surface area (Å²) in [5.41, 5.74) is 3.20. The highest BCUT2D eigenvalue weighted by molar-refractivity contribution is 6.02. The zero-order chi connectivity index (χ0) is 15.5. The van der Waals surface area contributed by atoms with E-state index in [4.69, 9.17) is 4.74 Å². The number of rotatable bonds is 4. The number of aromatic nitrogens is 1. The average molecular weight is 292 g/mol. The molecule has 0 radical (unpaired) electrons. The van der Waals surface area contributed by atoms with E-state index in [1.165, 1.54) is 0 Å². The lowest BCUT2D eigenvalue weighted by Crippen LogP contribution is -2.00. The Morgan fingerprint density at radius 1 is 1.09 bits per heavy atom. The number of carbonyl (C=O) groups is 1. The second-order valence-corrected chi connectivity index (χ2v) is 4.97. The average Bonchev–Trinajstić information content (AvgIpc) is 2.55. The van der Waals surface area contributed by atoms with E-state index < -0.39 is 0 Å². The second kappa shape index (κ2) is 5.85. The van der Waals surface area contributed by atoms with Gasteiger partial charge < -0.3 is 10.1 Å². The Labute approximate surface area is 128 Å². The molecular formula is C18H16N2O2. The van der Waals surface area contributed by atoms with Gasteiger partial charge in [-0.3, -0.25) is 9.78 Å². The summed E-state index contributed by atoms with van der Waals surface area (Å²) >= 11 is 0. The molecule has 4 heteroatoms. The first-order valence-electron chi connectivity index (χ1n) is 6.99. The summed E-state index contributed by atoms with van der Waals surface area (Å²) in [5, 5.41) is 4.28. The number of ketones is 1. The van der Waals surface area contributed by atoms with E-state index in [9.17, 15) is 4.79 Å². The molecule has 0 saturated carbocycles. The smallest absolute Gasteiger partial charge is 0.161 e. The van der Waals surface area contributed by atoms with Crippen molar-refractivity contribution in [1.29, 1.82) is 0 Å². The van der Waals surface area contributed by atoms with Crippen molar-refractivity contribution in [3.63, 3.8) is 0 Å². The lowest BCUT2D eigenvalue weighted by Gasteiger charge is -2.13. The largest absolute Gasteiger partial charge is 0.497 e. The highest BCUT2D eigenvalue weighted by Gasteiger charge is 2.09. The van der Waals surface area contributed by atoms with Crippen LogP contribution < -0.4 is 10.1 Å². The Bertz CT molecular complexity index is 843. The van der Waals surface area contributed by atoms with Crippen LogP contribution in [0.2, 0.25) is 0 Å². The number of hydrogen-bond acceptors (Lipinski definition) is 4. The third kappa shape index (κ3) is 2.63. The molecule has 0 spiro atoms. The highest BCUT2D eigenvalue weighted by atomic mass is 16.5. The fourth-order valence-corrected chi connectivity index (χ4v) is 2.41. The molecule has 1 N–H and O–H groups in total. The standard InChI is InChI=1S/C18H16N2O2/c1-12(21)14-5-3-4-6-17(14)20-18-9-10-19-16-8-7-13(22-2)11-15(16)18/h3-11H,1-2H3,(H,19,20). The number of nitrogens with zero attached hydrogens (tertiary/aromatic N) is 1. The molecule has 0 aliphatic rings. The fourth-order valence-electron chi connectivity index (χ4n) is 2.41. The third-order valence-electron chi connectivity index (χ3n) is 3.52. The summed E-state index contributed by atoms with van der Waals surface area (Å²) < 4.78 is 5.28. The molecule has 0 unspecified atom stereocenters. The van der Waals surface area contributed by atoms with E-state index in [1.807, 2.05) is 48.5 Å². The summed E-state index contributed by atoms with van der Waals surface area (Å²) in [6, 6.07) is 15.1. The number of methoxy groups -OCH3 is 1. The van der Waals surface area contributed by atoms with Crippen LogP contribution in [0.5, 0.6) is 5.75 Å². The zero-order valence-corrected chi connectivity index (χ0v) is 12.5. The van der Waals surface area contributed by atoms with Crippen molar-refractivity contribution in [2.45, 2.75) is 6.92 Å². The van der Waals surface area contributed by atoms with Crippen LogP contribution in [-0.2, 0) is 0 Å². The van der Waals surface area contributed by atoms with Gasteiger partial charge in [0.15, 0.2) is 5.78 Å². The Morgan fingerprint density at radius 3 is 2.68 bits per heavy atom. The number of pyridine rings is 1. The van der Waals surface area contributed by atoms with E-state index >= 15 is 0 Å². The van der Waals surface area contributed by atoms with Crippen LogP contribution in [-0.4, -0.2) is 17.9 Å². The molecule has 0 aliphatic carbocycles. The quantitative estimate of drug-likeness (QED) is 0.733. The predicted molar refractivity (Wildman–Crippen MR) is 88.0 cm³/mol. The van der Waals surface area contributed by atoms with Crippen molar-refractivity contribution >= 4 is 28.1 Å². The minimum Gasteiger partial charge on any atom is -0.497 e. The first-order valence-corrected chi connectivity index (χ1v) is 6.99. The zero-order valence-electron chi connectivity index (χ0n) is 12.5. The number of fused-ring (bicyclic) bond motifs is 1. The van der Waals surface area contributed by atoms with Gasteiger partial charge in [-0.05, 0) is 43.3 Å². The molecule has 22 heavy (non-hydrogen) atoms. The van der Waals surface area contributed by atoms with Crippen molar-refractivity contribution < 1.29 is 9.53 Å². The highest BCUT2D eigenvalue weighted by Crippen LogP contribution is 2.29. The number of Topliss-reactive ketones (excluding diaryl/α,β-unsaturated/α-hetero) is 1. The summed E-state index contributed by atoms with van der Waals surface area (Å²) in [7, 11) is 1.63. The first-order chi connectivity index (χ1) is 10.7. The maximum absolute atomic E-state index is 11.7. The molecule has 0 fully saturated rings. The summed E-state index contributed by atoms with van der Waals surface area (Å²) in [4.78, 5) is 16.1. The molecule has 1 heterocycles. The van der Waals surface area contributed by atoms with Crippen LogP contribution in [0.4, 0.5) is 11.4 Å². The van der Waals surface area contributed by atoms with E-state index in [2.05, 4.69) is 10.3 Å². The number of para-hydroxylation sites is 1. The van der Waals surface area contributed by atoms with E-state index in [-0.39, 0.29) is 5.78 Å². The van der Waals surface area contributed by atoms with Gasteiger partial charge in [-0.2, -0.15) is 0 Å². The van der Waals surface area contributed by atoms with Crippen LogP contribution in [0.25, 0.3) is 10.9 Å². The fraction of sp³-hybridized carbons (Fsp3) is 0.111. The molecule has 2 aromatic carbocycles. The number of anilines is 2. The van der Waals surface area contributed by atoms with E-state index in [0.29, 0.717) is 5.56 Å². The Morgan fingerprint density at radius 2 is 1.91 bits per heavy atom. The van der Waals surface area contributed by atoms with Gasteiger partial charge in [0.1, 0.15) is 5.75 Å². The van der Waals surface area contributed by atoms with Gasteiger partial charge in [-0.25, -0.2) is 0 Å². The van der Waals surface area contributed by atoms with Gasteiger partial charge in [0.2, 0.25) is 0 Å². The third-order valence-corrected chi connectivity index (χ3v) is 3.52. The van der Waals surface area contributed by atoms with Gasteiger partial charge in [0.25, 0.3) is 0 Å². The molecule has 0 amide bonds. The molecule has 0 aliphatic heterocycles. The maximum Gasteiger partial charge on any atom is 0.161 e. The molecule has 3 aromatic rings. The van der Waals surface area contributed by atoms with Crippen molar-refractivity contribution in [2.24, 2.45) is 0 Å². The van der Waals surface area contributed by atoms with E-state index in [1.54, 1.807) is 20.2 Å². The number of carbonyl (C=O) groups excluding carboxylic acids is 1. The van der Waals surface area contributed by atoms with Crippen LogP contribution in [0.1, 0.15) is 17.3 Å². The van der Waals surface area contributed by atoms with Gasteiger partial charge in [-0.1, -0.05) is 12.1 Å². The van der Waals surface area contributed by atoms with Crippen LogP contribution in [0.3, 0.4) is 0 Å². The lowest BCUT2D eigenvalue weighted by atomic mass is 10.1. The van der Waals surface area contributed by atoms with Crippen molar-refractivity contribution in [2.75, 3.05) is 12.4 Å². The number of ether oxygens (including phenoxy) is 1. The molecular weight excluding hydrogens is 276 g/mol. The van der Waals surface area contributed by atoms with Crippen molar-refractivity contribution in [1.82, 2.24) is 4.98 Å². The van der Waals surface area contributed by atoms with Crippen molar-refractivity contribution in [3.05, 3.63) is 60.3 Å². The summed E-state index contributed by atoms with van der Waals surface area (Å²) in [6.45, 7) is 1.56. The number of hydrogen-bond donors (Lipinski definition) is 1. The minimum absolute atomic E-state index is 0.0269. The van der Waals surface area contributed by atoms with E-state index in [0.717, 1.165) is 28.0 Å². The SMILES string of the molecule is COc1ccc2nccc(Nc3ccccc3C(C)=O)c2c1. The topological polar surface area (TPSA) is 51.2 Å². The van der Waals surface area contributed by atoms with Crippen LogP contribution in [0, 0.1) is 0 Å². The summed E-state index contributed by atoms with van der Waals surface area (Å²) in [6.07, 6.45) is 1.74. The normalized spacial score (nSPS) is 10.5. The molecule has 0 saturated heterocycles. The minimum atomic E-state index is 0.0269.